The maximum atomic E-state index is 13.1. The Morgan fingerprint density at radius 1 is 0.977 bits per heavy atom. The summed E-state index contributed by atoms with van der Waals surface area (Å²) in [4.78, 5) is 42.5. The summed E-state index contributed by atoms with van der Waals surface area (Å²) >= 11 is 7.55. The van der Waals surface area contributed by atoms with Crippen molar-refractivity contribution in [3.8, 4) is 0 Å². The van der Waals surface area contributed by atoms with Gasteiger partial charge < -0.3 is 19.6 Å². The Hall–Kier alpha value is -2.73. The van der Waals surface area contributed by atoms with E-state index in [1.54, 1.807) is 17.0 Å². The molecular weight excluding hydrogens is 601 g/mol. The minimum Gasteiger partial charge on any atom is -0.368 e. The normalized spacial score (nSPS) is 20.2. The average Bonchev–Trinajstić information content (AvgIpc) is 3.52. The molecule has 0 spiro atoms. The minimum atomic E-state index is -4.40. The van der Waals surface area contributed by atoms with E-state index in [0.29, 0.717) is 74.8 Å². The molecule has 2 amide bonds. The molecule has 3 aliphatic rings. The molecule has 234 valence electrons. The van der Waals surface area contributed by atoms with Crippen LogP contribution >= 0.6 is 23.4 Å². The maximum absolute atomic E-state index is 13.1. The van der Waals surface area contributed by atoms with Gasteiger partial charge in [0.2, 0.25) is 11.8 Å². The summed E-state index contributed by atoms with van der Waals surface area (Å²) in [6.45, 7) is 5.69. The van der Waals surface area contributed by atoms with Gasteiger partial charge in [0.15, 0.2) is 5.16 Å². The van der Waals surface area contributed by atoms with E-state index in [1.807, 2.05) is 9.80 Å². The predicted octanol–water partition coefficient (Wildman–Crippen LogP) is 5.60. The van der Waals surface area contributed by atoms with Crippen LogP contribution in [-0.2, 0) is 15.8 Å². The predicted molar refractivity (Wildman–Crippen MR) is 163 cm³/mol. The molecule has 8 nitrogen and oxygen atoms in total. The quantitative estimate of drug-likeness (QED) is 0.212. The van der Waals surface area contributed by atoms with E-state index >= 15 is 0 Å². The molecular formula is C30H38ClF3N6O2S. The number of thioether (sulfide) groups is 1. The second-order valence-electron chi connectivity index (χ2n) is 11.6. The highest BCUT2D eigenvalue weighted by Crippen LogP contribution is 2.32. The van der Waals surface area contributed by atoms with Crippen LogP contribution in [0.5, 0.6) is 0 Å². The van der Waals surface area contributed by atoms with Crippen LogP contribution in [0.2, 0.25) is 5.15 Å². The Bertz CT molecular complexity index is 1290. The molecule has 0 radical (unpaired) electrons. The molecule has 3 fully saturated rings. The smallest absolute Gasteiger partial charge is 0.368 e. The van der Waals surface area contributed by atoms with Gasteiger partial charge in [-0.1, -0.05) is 55.1 Å². The van der Waals surface area contributed by atoms with E-state index in [-0.39, 0.29) is 28.8 Å². The van der Waals surface area contributed by atoms with Gasteiger partial charge in [-0.2, -0.15) is 13.2 Å². The first-order chi connectivity index (χ1) is 20.6. The average molecular weight is 639 g/mol. The molecule has 1 atom stereocenters. The molecule has 2 saturated heterocycles. The third-order valence-corrected chi connectivity index (χ3v) is 9.70. The summed E-state index contributed by atoms with van der Waals surface area (Å²) < 4.78 is 39.3. The van der Waals surface area contributed by atoms with Crippen molar-refractivity contribution in [2.24, 2.45) is 5.92 Å². The van der Waals surface area contributed by atoms with Crippen molar-refractivity contribution < 1.29 is 22.8 Å². The summed E-state index contributed by atoms with van der Waals surface area (Å²) in [5, 5.41) is 0.693. The van der Waals surface area contributed by atoms with E-state index in [9.17, 15) is 22.8 Å². The monoisotopic (exact) mass is 638 g/mol. The van der Waals surface area contributed by atoms with Crippen molar-refractivity contribution in [1.29, 1.82) is 0 Å². The van der Waals surface area contributed by atoms with Crippen LogP contribution in [0, 0.1) is 5.92 Å². The van der Waals surface area contributed by atoms with Crippen LogP contribution in [-0.4, -0.2) is 89.2 Å². The highest BCUT2D eigenvalue weighted by molar-refractivity contribution is 7.99. The Balaban J connectivity index is 1.10. The van der Waals surface area contributed by atoms with Crippen LogP contribution < -0.4 is 9.80 Å². The molecule has 1 saturated carbocycles. The molecule has 2 aliphatic heterocycles. The van der Waals surface area contributed by atoms with Crippen LogP contribution in [0.1, 0.15) is 51.0 Å². The van der Waals surface area contributed by atoms with Crippen LogP contribution in [0.3, 0.4) is 0 Å². The van der Waals surface area contributed by atoms with Crippen LogP contribution in [0.15, 0.2) is 35.5 Å². The van der Waals surface area contributed by atoms with Gasteiger partial charge >= 0.3 is 6.18 Å². The number of carbonyl (C=O) groups excluding carboxylic acids is 2. The fraction of sp³-hybridized carbons (Fsp3) is 0.600. The number of nitrogens with zero attached hydrogens (tertiary/aromatic N) is 6. The van der Waals surface area contributed by atoms with Crippen molar-refractivity contribution in [1.82, 2.24) is 19.8 Å². The Morgan fingerprint density at radius 3 is 2.40 bits per heavy atom. The number of anilines is 2. The molecule has 1 unspecified atom stereocenters. The highest BCUT2D eigenvalue weighted by atomic mass is 35.5. The summed E-state index contributed by atoms with van der Waals surface area (Å²) in [6.07, 6.45) is 2.27. The molecule has 13 heteroatoms. The number of carbonyl (C=O) groups is 2. The van der Waals surface area contributed by atoms with Crippen LogP contribution in [0.4, 0.5) is 24.7 Å². The van der Waals surface area contributed by atoms with E-state index in [0.717, 1.165) is 18.6 Å². The number of hydrogen-bond donors (Lipinski definition) is 0. The van der Waals surface area contributed by atoms with Gasteiger partial charge in [0.25, 0.3) is 0 Å². The first kappa shape index (κ1) is 31.7. The maximum Gasteiger partial charge on any atom is 0.416 e. The SMILES string of the molecule is CC1CN(c2cc(Cl)nc(SCC(=O)N3CCN(c4cccc(C(F)(F)F)c4)CC3)n2)CCN1C(=O)CCC1CCCC1. The van der Waals surface area contributed by atoms with E-state index in [2.05, 4.69) is 21.8 Å². The van der Waals surface area contributed by atoms with Crippen LogP contribution in [0.25, 0.3) is 0 Å². The third kappa shape index (κ3) is 8.26. The Labute approximate surface area is 259 Å². The van der Waals surface area contributed by atoms with Gasteiger partial charge in [0, 0.05) is 70.0 Å². The van der Waals surface area contributed by atoms with Crippen molar-refractivity contribution in [3.63, 3.8) is 0 Å². The Morgan fingerprint density at radius 2 is 1.70 bits per heavy atom. The lowest BCUT2D eigenvalue weighted by Crippen LogP contribution is -2.54. The van der Waals surface area contributed by atoms with E-state index in [4.69, 9.17) is 11.6 Å². The topological polar surface area (TPSA) is 72.9 Å². The van der Waals surface area contributed by atoms with Crippen molar-refractivity contribution in [2.45, 2.75) is 62.8 Å². The number of rotatable bonds is 8. The summed E-state index contributed by atoms with van der Waals surface area (Å²) in [5.74, 6) is 1.64. The zero-order chi connectivity index (χ0) is 30.6. The summed E-state index contributed by atoms with van der Waals surface area (Å²) in [5.41, 5.74) is -0.181. The standard InChI is InChI=1S/C30H38ClF3N6O2S/c1-21-19-39(15-16-40(21)27(41)10-9-22-5-2-3-6-22)26-18-25(31)35-29(36-26)43-20-28(42)38-13-11-37(12-14-38)24-8-4-7-23(17-24)30(32,33)34/h4,7-8,17-18,21-22H,2-3,5-6,9-16,19-20H2,1H3. The number of halogens is 4. The van der Waals surface area contributed by atoms with Gasteiger partial charge in [-0.15, -0.1) is 0 Å². The number of piperazine rings is 2. The van der Waals surface area contributed by atoms with Gasteiger partial charge in [-0.3, -0.25) is 9.59 Å². The molecule has 0 N–H and O–H groups in total. The lowest BCUT2D eigenvalue weighted by Gasteiger charge is -2.40. The second kappa shape index (κ2) is 13.9. The molecule has 3 heterocycles. The number of benzene rings is 1. The number of amides is 2. The summed E-state index contributed by atoms with van der Waals surface area (Å²) in [7, 11) is 0. The van der Waals surface area contributed by atoms with Crippen molar-refractivity contribution in [3.05, 3.63) is 41.0 Å². The van der Waals surface area contributed by atoms with E-state index in [1.165, 1.54) is 43.5 Å². The fourth-order valence-electron chi connectivity index (χ4n) is 6.23. The molecule has 1 aromatic heterocycles. The van der Waals surface area contributed by atoms with E-state index < -0.39 is 11.7 Å². The number of aromatic nitrogens is 2. The lowest BCUT2D eigenvalue weighted by atomic mass is 10.0. The first-order valence-electron chi connectivity index (χ1n) is 15.0. The van der Waals surface area contributed by atoms with Crippen molar-refractivity contribution in [2.75, 3.05) is 61.4 Å². The highest BCUT2D eigenvalue weighted by Gasteiger charge is 2.32. The van der Waals surface area contributed by atoms with Gasteiger partial charge in [-0.05, 0) is 37.5 Å². The molecule has 1 aromatic carbocycles. The number of hydrogen-bond acceptors (Lipinski definition) is 7. The molecule has 2 aromatic rings. The zero-order valence-corrected chi connectivity index (χ0v) is 25.9. The fourth-order valence-corrected chi connectivity index (χ4v) is 7.21. The first-order valence-corrected chi connectivity index (χ1v) is 16.3. The molecule has 0 bridgehead atoms. The van der Waals surface area contributed by atoms with Gasteiger partial charge in [0.1, 0.15) is 11.0 Å². The Kier molecular flexibility index (Phi) is 10.3. The number of alkyl halides is 3. The van der Waals surface area contributed by atoms with Gasteiger partial charge in [0.05, 0.1) is 11.3 Å². The largest absolute Gasteiger partial charge is 0.416 e. The second-order valence-corrected chi connectivity index (χ2v) is 12.9. The molecule has 43 heavy (non-hydrogen) atoms. The molecule has 5 rings (SSSR count). The van der Waals surface area contributed by atoms with Gasteiger partial charge in [-0.25, -0.2) is 9.97 Å². The molecule has 1 aliphatic carbocycles. The minimum absolute atomic E-state index is 0.0471. The van der Waals surface area contributed by atoms with Crippen molar-refractivity contribution >= 4 is 46.7 Å². The summed E-state index contributed by atoms with van der Waals surface area (Å²) in [6, 6.07) is 7.03. The lowest BCUT2D eigenvalue weighted by molar-refractivity contribution is -0.137. The third-order valence-electron chi connectivity index (χ3n) is 8.67. The zero-order valence-electron chi connectivity index (χ0n) is 24.4.